The SMILES string of the molecule is Cn1cccc1-c1cc2n(n1)CCC(=O)N2CCCC(=O)NCCc1ccc(Cl)cc1. The first kappa shape index (κ1) is 21.2. The number of hydrogen-bond donors (Lipinski definition) is 1. The average molecular weight is 440 g/mol. The van der Waals surface area contributed by atoms with Crippen LogP contribution in [0.3, 0.4) is 0 Å². The van der Waals surface area contributed by atoms with Crippen molar-refractivity contribution in [3.63, 3.8) is 0 Å². The lowest BCUT2D eigenvalue weighted by atomic mass is 10.1. The largest absolute Gasteiger partial charge is 0.356 e. The van der Waals surface area contributed by atoms with Gasteiger partial charge in [0.2, 0.25) is 11.8 Å². The summed E-state index contributed by atoms with van der Waals surface area (Å²) in [7, 11) is 1.97. The topological polar surface area (TPSA) is 72.2 Å². The molecule has 1 aliphatic rings. The minimum atomic E-state index is -0.00331. The summed E-state index contributed by atoms with van der Waals surface area (Å²) in [5.74, 6) is 0.876. The predicted octanol–water partition coefficient (Wildman–Crippen LogP) is 3.42. The van der Waals surface area contributed by atoms with Gasteiger partial charge in [-0.15, -0.1) is 0 Å². The molecule has 0 saturated carbocycles. The van der Waals surface area contributed by atoms with Crippen LogP contribution in [0, 0.1) is 0 Å². The van der Waals surface area contributed by atoms with Crippen molar-refractivity contribution >= 4 is 29.2 Å². The Hall–Kier alpha value is -3.06. The van der Waals surface area contributed by atoms with Crippen LogP contribution in [0.5, 0.6) is 0 Å². The molecule has 0 saturated heterocycles. The Bertz CT molecular complexity index is 1070. The van der Waals surface area contributed by atoms with Gasteiger partial charge in [0.1, 0.15) is 11.5 Å². The number of amides is 2. The molecular weight excluding hydrogens is 414 g/mol. The first-order chi connectivity index (χ1) is 15.0. The molecule has 0 radical (unpaired) electrons. The van der Waals surface area contributed by atoms with Crippen molar-refractivity contribution in [2.45, 2.75) is 32.2 Å². The molecule has 1 N–H and O–H groups in total. The molecule has 3 heterocycles. The molecule has 0 atom stereocenters. The number of hydrogen-bond acceptors (Lipinski definition) is 3. The van der Waals surface area contributed by atoms with E-state index < -0.39 is 0 Å². The maximum atomic E-state index is 12.5. The number of carbonyl (C=O) groups excluding carboxylic acids is 2. The second-order valence-electron chi connectivity index (χ2n) is 7.74. The molecule has 31 heavy (non-hydrogen) atoms. The van der Waals surface area contributed by atoms with Crippen molar-refractivity contribution in [3.8, 4) is 11.4 Å². The van der Waals surface area contributed by atoms with Crippen LogP contribution in [0.4, 0.5) is 5.82 Å². The molecule has 7 nitrogen and oxygen atoms in total. The Kier molecular flexibility index (Phi) is 6.42. The third-order valence-corrected chi connectivity index (χ3v) is 5.77. The summed E-state index contributed by atoms with van der Waals surface area (Å²) in [6.07, 6.45) is 4.14. The molecule has 0 bridgehead atoms. The highest BCUT2D eigenvalue weighted by molar-refractivity contribution is 6.30. The zero-order valence-electron chi connectivity index (χ0n) is 17.6. The predicted molar refractivity (Wildman–Crippen MR) is 121 cm³/mol. The van der Waals surface area contributed by atoms with Crippen molar-refractivity contribution in [1.29, 1.82) is 0 Å². The highest BCUT2D eigenvalue weighted by Gasteiger charge is 2.26. The summed E-state index contributed by atoms with van der Waals surface area (Å²) in [5, 5.41) is 8.32. The van der Waals surface area contributed by atoms with E-state index in [1.807, 2.05) is 65.0 Å². The summed E-state index contributed by atoms with van der Waals surface area (Å²) in [5.41, 5.74) is 2.99. The van der Waals surface area contributed by atoms with Crippen molar-refractivity contribution in [2.24, 2.45) is 7.05 Å². The van der Waals surface area contributed by atoms with E-state index in [2.05, 4.69) is 10.4 Å². The highest BCUT2D eigenvalue weighted by Crippen LogP contribution is 2.28. The summed E-state index contributed by atoms with van der Waals surface area (Å²) in [4.78, 5) is 26.5. The molecule has 0 fully saturated rings. The molecule has 1 aliphatic heterocycles. The van der Waals surface area contributed by atoms with E-state index in [1.54, 1.807) is 4.90 Å². The molecule has 2 aromatic heterocycles. The lowest BCUT2D eigenvalue weighted by molar-refractivity contribution is -0.122. The standard InChI is InChI=1S/C23H26ClN5O2/c1-27-13-2-4-20(27)19-16-22-28(23(31)11-15-29(22)26-19)14-3-5-21(30)25-12-10-17-6-8-18(24)9-7-17/h2,4,6-9,13,16H,3,5,10-12,14-15H2,1H3,(H,25,30). The second-order valence-corrected chi connectivity index (χ2v) is 8.18. The Morgan fingerprint density at radius 3 is 2.77 bits per heavy atom. The van der Waals surface area contributed by atoms with Crippen molar-refractivity contribution in [3.05, 3.63) is 59.2 Å². The summed E-state index contributed by atoms with van der Waals surface area (Å²) in [6, 6.07) is 13.6. The number of anilines is 1. The summed E-state index contributed by atoms with van der Waals surface area (Å²) < 4.78 is 3.89. The van der Waals surface area contributed by atoms with Crippen LogP contribution in [0.25, 0.3) is 11.4 Å². The van der Waals surface area contributed by atoms with E-state index >= 15 is 0 Å². The molecule has 1 aromatic carbocycles. The molecule has 2 amide bonds. The number of benzene rings is 1. The Morgan fingerprint density at radius 2 is 2.03 bits per heavy atom. The fraction of sp³-hybridized carbons (Fsp3) is 0.348. The number of carbonyl (C=O) groups is 2. The number of halogens is 1. The molecule has 0 spiro atoms. The Morgan fingerprint density at radius 1 is 1.23 bits per heavy atom. The van der Waals surface area contributed by atoms with Gasteiger partial charge in [0.05, 0.1) is 12.2 Å². The Balaban J connectivity index is 1.29. The zero-order valence-corrected chi connectivity index (χ0v) is 18.3. The van der Waals surface area contributed by atoms with Gasteiger partial charge in [-0.1, -0.05) is 23.7 Å². The van der Waals surface area contributed by atoms with E-state index in [0.717, 1.165) is 29.2 Å². The molecule has 162 valence electrons. The minimum absolute atomic E-state index is 0.00331. The fourth-order valence-electron chi connectivity index (χ4n) is 3.83. The van der Waals surface area contributed by atoms with E-state index in [9.17, 15) is 9.59 Å². The van der Waals surface area contributed by atoms with Crippen LogP contribution in [0.15, 0.2) is 48.7 Å². The minimum Gasteiger partial charge on any atom is -0.356 e. The first-order valence-corrected chi connectivity index (χ1v) is 10.9. The van der Waals surface area contributed by atoms with Gasteiger partial charge in [-0.05, 0) is 42.7 Å². The van der Waals surface area contributed by atoms with Gasteiger partial charge in [0.15, 0.2) is 0 Å². The maximum absolute atomic E-state index is 12.5. The first-order valence-electron chi connectivity index (χ1n) is 10.5. The number of nitrogens with one attached hydrogen (secondary N) is 1. The van der Waals surface area contributed by atoms with Crippen molar-refractivity contribution < 1.29 is 9.59 Å². The second kappa shape index (κ2) is 9.39. The van der Waals surface area contributed by atoms with Crippen LogP contribution in [-0.2, 0) is 29.6 Å². The number of aryl methyl sites for hydroxylation is 2. The maximum Gasteiger partial charge on any atom is 0.229 e. The highest BCUT2D eigenvalue weighted by atomic mass is 35.5. The van der Waals surface area contributed by atoms with Crippen LogP contribution in [0.1, 0.15) is 24.8 Å². The van der Waals surface area contributed by atoms with Gasteiger partial charge >= 0.3 is 0 Å². The Labute approximate surface area is 186 Å². The third-order valence-electron chi connectivity index (χ3n) is 5.51. The zero-order chi connectivity index (χ0) is 21.8. The van der Waals surface area contributed by atoms with E-state index in [-0.39, 0.29) is 11.8 Å². The number of fused-ring (bicyclic) bond motifs is 1. The van der Waals surface area contributed by atoms with Crippen LogP contribution in [0.2, 0.25) is 5.02 Å². The molecule has 4 rings (SSSR count). The molecule has 8 heteroatoms. The van der Waals surface area contributed by atoms with Crippen LogP contribution < -0.4 is 10.2 Å². The normalized spacial score (nSPS) is 13.4. The third kappa shape index (κ3) is 4.99. The van der Waals surface area contributed by atoms with E-state index in [0.29, 0.717) is 43.9 Å². The van der Waals surface area contributed by atoms with Gasteiger partial charge < -0.3 is 9.88 Å². The van der Waals surface area contributed by atoms with E-state index in [1.165, 1.54) is 0 Å². The summed E-state index contributed by atoms with van der Waals surface area (Å²) >= 11 is 5.89. The number of aromatic nitrogens is 3. The lowest BCUT2D eigenvalue weighted by Gasteiger charge is -2.27. The molecule has 0 aliphatic carbocycles. The van der Waals surface area contributed by atoms with Gasteiger partial charge in [-0.2, -0.15) is 5.10 Å². The average Bonchev–Trinajstić information content (AvgIpc) is 3.37. The van der Waals surface area contributed by atoms with Crippen LogP contribution in [-0.4, -0.2) is 39.3 Å². The lowest BCUT2D eigenvalue weighted by Crippen LogP contribution is -2.38. The molecular formula is C23H26ClN5O2. The van der Waals surface area contributed by atoms with Gasteiger partial charge in [-0.3, -0.25) is 14.5 Å². The van der Waals surface area contributed by atoms with E-state index in [4.69, 9.17) is 11.6 Å². The number of nitrogens with zero attached hydrogens (tertiary/aromatic N) is 4. The monoisotopic (exact) mass is 439 g/mol. The van der Waals surface area contributed by atoms with Gasteiger partial charge in [0.25, 0.3) is 0 Å². The smallest absolute Gasteiger partial charge is 0.229 e. The fourth-order valence-corrected chi connectivity index (χ4v) is 3.95. The molecule has 3 aromatic rings. The molecule has 0 unspecified atom stereocenters. The van der Waals surface area contributed by atoms with Crippen molar-refractivity contribution in [1.82, 2.24) is 19.7 Å². The summed E-state index contributed by atoms with van der Waals surface area (Å²) in [6.45, 7) is 1.66. The quantitative estimate of drug-likeness (QED) is 0.584. The van der Waals surface area contributed by atoms with Gasteiger partial charge in [0, 0.05) is 50.3 Å². The van der Waals surface area contributed by atoms with Crippen molar-refractivity contribution in [2.75, 3.05) is 18.0 Å². The number of rotatable bonds is 8. The van der Waals surface area contributed by atoms with Crippen LogP contribution >= 0.6 is 11.6 Å². The van der Waals surface area contributed by atoms with Gasteiger partial charge in [-0.25, -0.2) is 4.68 Å².